The molecule has 0 saturated carbocycles. The van der Waals surface area contributed by atoms with Gasteiger partial charge in [-0.05, 0) is 23.8 Å². The van der Waals surface area contributed by atoms with Gasteiger partial charge in [-0.15, -0.1) is 0 Å². The first-order valence-electron chi connectivity index (χ1n) is 6.63. The van der Waals surface area contributed by atoms with Crippen LogP contribution in [0.1, 0.15) is 11.6 Å². The SMILES string of the molecule is O=C(CNC(CO)c1ccccc1)Nc1cccc(Cl)c1. The molecule has 2 aromatic carbocycles. The molecule has 1 atom stereocenters. The van der Waals surface area contributed by atoms with Gasteiger partial charge in [-0.25, -0.2) is 0 Å². The molecule has 0 aromatic heterocycles. The molecule has 0 spiro atoms. The molecule has 3 N–H and O–H groups in total. The number of rotatable bonds is 6. The van der Waals surface area contributed by atoms with Gasteiger partial charge in [0.15, 0.2) is 0 Å². The average Bonchev–Trinajstić information content (AvgIpc) is 2.49. The number of benzene rings is 2. The van der Waals surface area contributed by atoms with E-state index in [9.17, 15) is 9.90 Å². The summed E-state index contributed by atoms with van der Waals surface area (Å²) in [5, 5.41) is 15.7. The van der Waals surface area contributed by atoms with E-state index in [-0.39, 0.29) is 25.1 Å². The molecule has 0 fully saturated rings. The highest BCUT2D eigenvalue weighted by Gasteiger charge is 2.11. The molecular weight excluding hydrogens is 288 g/mol. The first kappa shape index (κ1) is 15.5. The normalized spacial score (nSPS) is 11.9. The Morgan fingerprint density at radius 1 is 1.14 bits per heavy atom. The van der Waals surface area contributed by atoms with Crippen LogP contribution in [0.4, 0.5) is 5.69 Å². The van der Waals surface area contributed by atoms with E-state index in [1.54, 1.807) is 24.3 Å². The molecule has 2 aromatic rings. The number of aliphatic hydroxyl groups excluding tert-OH is 1. The monoisotopic (exact) mass is 304 g/mol. The summed E-state index contributed by atoms with van der Waals surface area (Å²) in [4.78, 5) is 11.9. The summed E-state index contributed by atoms with van der Waals surface area (Å²) < 4.78 is 0. The molecule has 1 amide bonds. The van der Waals surface area contributed by atoms with Crippen molar-refractivity contribution >= 4 is 23.2 Å². The molecule has 21 heavy (non-hydrogen) atoms. The molecule has 0 saturated heterocycles. The van der Waals surface area contributed by atoms with E-state index in [2.05, 4.69) is 10.6 Å². The summed E-state index contributed by atoms with van der Waals surface area (Å²) in [7, 11) is 0. The Kier molecular flexibility index (Phi) is 5.75. The predicted octanol–water partition coefficient (Wildman–Crippen LogP) is 2.60. The van der Waals surface area contributed by atoms with E-state index in [4.69, 9.17) is 11.6 Å². The molecule has 0 bridgehead atoms. The van der Waals surface area contributed by atoms with E-state index >= 15 is 0 Å². The van der Waals surface area contributed by atoms with Crippen LogP contribution in [0.25, 0.3) is 0 Å². The van der Waals surface area contributed by atoms with Crippen molar-refractivity contribution in [2.24, 2.45) is 0 Å². The van der Waals surface area contributed by atoms with Gasteiger partial charge < -0.3 is 10.4 Å². The predicted molar refractivity (Wildman–Crippen MR) is 84.4 cm³/mol. The highest BCUT2D eigenvalue weighted by Crippen LogP contribution is 2.15. The van der Waals surface area contributed by atoms with Gasteiger partial charge in [-0.3, -0.25) is 10.1 Å². The minimum absolute atomic E-state index is 0.0749. The molecule has 0 radical (unpaired) electrons. The molecule has 2 rings (SSSR count). The molecule has 0 aliphatic heterocycles. The Balaban J connectivity index is 1.88. The van der Waals surface area contributed by atoms with Crippen molar-refractivity contribution in [1.29, 1.82) is 0 Å². The lowest BCUT2D eigenvalue weighted by Crippen LogP contribution is -2.32. The molecule has 0 heterocycles. The van der Waals surface area contributed by atoms with Crippen LogP contribution in [0.5, 0.6) is 0 Å². The number of halogens is 1. The highest BCUT2D eigenvalue weighted by molar-refractivity contribution is 6.30. The Bertz CT molecular complexity index is 590. The Hall–Kier alpha value is -1.88. The lowest BCUT2D eigenvalue weighted by atomic mass is 10.1. The van der Waals surface area contributed by atoms with Gasteiger partial charge in [0, 0.05) is 10.7 Å². The van der Waals surface area contributed by atoms with E-state index in [1.807, 2.05) is 30.3 Å². The second kappa shape index (κ2) is 7.78. The topological polar surface area (TPSA) is 61.4 Å². The van der Waals surface area contributed by atoms with Crippen LogP contribution in [0.15, 0.2) is 54.6 Å². The molecule has 5 heteroatoms. The fourth-order valence-electron chi connectivity index (χ4n) is 1.96. The Labute approximate surface area is 128 Å². The van der Waals surface area contributed by atoms with Crippen LogP contribution in [0.3, 0.4) is 0 Å². The Morgan fingerprint density at radius 2 is 1.90 bits per heavy atom. The van der Waals surface area contributed by atoms with Crippen LogP contribution in [0.2, 0.25) is 5.02 Å². The van der Waals surface area contributed by atoms with Gasteiger partial charge in [-0.1, -0.05) is 48.0 Å². The molecule has 1 unspecified atom stereocenters. The summed E-state index contributed by atoms with van der Waals surface area (Å²) in [5.74, 6) is -0.188. The number of carbonyl (C=O) groups is 1. The molecular formula is C16H17ClN2O2. The summed E-state index contributed by atoms with van der Waals surface area (Å²) in [6, 6.07) is 16.2. The van der Waals surface area contributed by atoms with Crippen LogP contribution in [-0.4, -0.2) is 24.2 Å². The number of carbonyl (C=O) groups excluding carboxylic acids is 1. The maximum Gasteiger partial charge on any atom is 0.238 e. The maximum atomic E-state index is 11.9. The zero-order chi connectivity index (χ0) is 15.1. The molecule has 4 nitrogen and oxygen atoms in total. The van der Waals surface area contributed by atoms with Gasteiger partial charge in [0.25, 0.3) is 0 Å². The quantitative estimate of drug-likeness (QED) is 0.769. The van der Waals surface area contributed by atoms with Gasteiger partial charge in [0.2, 0.25) is 5.91 Å². The average molecular weight is 305 g/mol. The van der Waals surface area contributed by atoms with Crippen molar-refractivity contribution in [1.82, 2.24) is 5.32 Å². The number of hydrogen-bond donors (Lipinski definition) is 3. The third-order valence-electron chi connectivity index (χ3n) is 3.00. The third-order valence-corrected chi connectivity index (χ3v) is 3.24. The Morgan fingerprint density at radius 3 is 2.57 bits per heavy atom. The molecule has 0 aliphatic carbocycles. The molecule has 110 valence electrons. The van der Waals surface area contributed by atoms with Gasteiger partial charge >= 0.3 is 0 Å². The van der Waals surface area contributed by atoms with Crippen LogP contribution >= 0.6 is 11.6 Å². The van der Waals surface area contributed by atoms with E-state index in [1.165, 1.54) is 0 Å². The van der Waals surface area contributed by atoms with Gasteiger partial charge in [0.05, 0.1) is 19.2 Å². The van der Waals surface area contributed by atoms with Crippen molar-refractivity contribution in [3.05, 3.63) is 65.2 Å². The minimum Gasteiger partial charge on any atom is -0.394 e. The minimum atomic E-state index is -0.267. The molecule has 0 aliphatic rings. The lowest BCUT2D eigenvalue weighted by molar-refractivity contribution is -0.115. The largest absolute Gasteiger partial charge is 0.394 e. The number of hydrogen-bond acceptors (Lipinski definition) is 3. The number of nitrogens with one attached hydrogen (secondary N) is 2. The zero-order valence-electron chi connectivity index (χ0n) is 11.4. The van der Waals surface area contributed by atoms with Crippen molar-refractivity contribution in [2.75, 3.05) is 18.5 Å². The van der Waals surface area contributed by atoms with Gasteiger partial charge in [0.1, 0.15) is 0 Å². The summed E-state index contributed by atoms with van der Waals surface area (Å²) >= 11 is 5.86. The number of anilines is 1. The van der Waals surface area contributed by atoms with Crippen LogP contribution in [-0.2, 0) is 4.79 Å². The standard InChI is InChI=1S/C16H17ClN2O2/c17-13-7-4-8-14(9-13)19-16(21)10-18-15(11-20)12-5-2-1-3-6-12/h1-9,15,18,20H,10-11H2,(H,19,21). The van der Waals surface area contributed by atoms with Crippen molar-refractivity contribution < 1.29 is 9.90 Å². The van der Waals surface area contributed by atoms with Crippen LogP contribution < -0.4 is 10.6 Å². The fourth-order valence-corrected chi connectivity index (χ4v) is 2.15. The third kappa shape index (κ3) is 4.86. The first-order valence-corrected chi connectivity index (χ1v) is 7.01. The van der Waals surface area contributed by atoms with Crippen molar-refractivity contribution in [3.8, 4) is 0 Å². The number of amides is 1. The second-order valence-electron chi connectivity index (χ2n) is 4.59. The zero-order valence-corrected chi connectivity index (χ0v) is 12.2. The van der Waals surface area contributed by atoms with Crippen molar-refractivity contribution in [2.45, 2.75) is 6.04 Å². The highest BCUT2D eigenvalue weighted by atomic mass is 35.5. The smallest absolute Gasteiger partial charge is 0.238 e. The van der Waals surface area contributed by atoms with E-state index in [0.29, 0.717) is 10.7 Å². The van der Waals surface area contributed by atoms with Crippen LogP contribution in [0, 0.1) is 0 Å². The summed E-state index contributed by atoms with van der Waals surface area (Å²) in [6.07, 6.45) is 0. The number of aliphatic hydroxyl groups is 1. The van der Waals surface area contributed by atoms with E-state index < -0.39 is 0 Å². The maximum absolute atomic E-state index is 11.9. The van der Waals surface area contributed by atoms with E-state index in [0.717, 1.165) is 5.56 Å². The second-order valence-corrected chi connectivity index (χ2v) is 5.02. The first-order chi connectivity index (χ1) is 10.2. The summed E-state index contributed by atoms with van der Waals surface area (Å²) in [5.41, 5.74) is 1.59. The summed E-state index contributed by atoms with van der Waals surface area (Å²) in [6.45, 7) is 0.0289. The van der Waals surface area contributed by atoms with Crippen molar-refractivity contribution in [3.63, 3.8) is 0 Å². The van der Waals surface area contributed by atoms with Gasteiger partial charge in [-0.2, -0.15) is 0 Å². The lowest BCUT2D eigenvalue weighted by Gasteiger charge is -2.16. The fraction of sp³-hybridized carbons (Fsp3) is 0.188.